The Labute approximate surface area is 177 Å². The molecule has 0 bridgehead atoms. The van der Waals surface area contributed by atoms with Crippen molar-refractivity contribution < 1.29 is 4.42 Å². The number of aryl methyl sites for hydroxylation is 1. The fraction of sp³-hybridized carbons (Fsp3) is 0.200. The van der Waals surface area contributed by atoms with Gasteiger partial charge < -0.3 is 14.2 Å². The van der Waals surface area contributed by atoms with Crippen molar-refractivity contribution in [3.05, 3.63) is 82.9 Å². The Morgan fingerprint density at radius 1 is 0.862 bits per heavy atom. The molecule has 0 fully saturated rings. The first-order chi connectivity index (χ1) is 13.9. The van der Waals surface area contributed by atoms with E-state index in [0.717, 1.165) is 39.5 Å². The van der Waals surface area contributed by atoms with E-state index in [0.29, 0.717) is 0 Å². The Morgan fingerprint density at radius 3 is 2.21 bits per heavy atom. The highest BCUT2D eigenvalue weighted by molar-refractivity contribution is 6.30. The Hall–Kier alpha value is -2.91. The van der Waals surface area contributed by atoms with E-state index in [2.05, 4.69) is 86.4 Å². The smallest absolute Gasteiger partial charge is 0.204 e. The zero-order valence-electron chi connectivity index (χ0n) is 17.2. The van der Waals surface area contributed by atoms with Crippen molar-refractivity contribution in [3.63, 3.8) is 0 Å². The van der Waals surface area contributed by atoms with Crippen LogP contribution in [0.1, 0.15) is 11.1 Å². The maximum absolute atomic E-state index is 6.32. The lowest BCUT2D eigenvalue weighted by molar-refractivity contribution is 0.597. The number of halogens is 1. The summed E-state index contributed by atoms with van der Waals surface area (Å²) >= 11 is 6.12. The van der Waals surface area contributed by atoms with Gasteiger partial charge in [-0.1, -0.05) is 47.5 Å². The van der Waals surface area contributed by atoms with Crippen LogP contribution in [0.4, 0.5) is 11.6 Å². The first-order valence-corrected chi connectivity index (χ1v) is 10.1. The van der Waals surface area contributed by atoms with E-state index in [-0.39, 0.29) is 0 Å². The maximum Gasteiger partial charge on any atom is 0.204 e. The molecule has 0 saturated carbocycles. The molecule has 3 aromatic carbocycles. The van der Waals surface area contributed by atoms with Gasteiger partial charge in [0.15, 0.2) is 0 Å². The van der Waals surface area contributed by atoms with Gasteiger partial charge in [0.2, 0.25) is 5.88 Å². The van der Waals surface area contributed by atoms with Crippen molar-refractivity contribution in [1.82, 2.24) is 0 Å². The molecule has 0 aliphatic heterocycles. The second kappa shape index (κ2) is 7.84. The molecule has 4 rings (SSSR count). The minimum absolute atomic E-state index is 0.730. The Morgan fingerprint density at radius 2 is 1.55 bits per heavy atom. The van der Waals surface area contributed by atoms with Crippen LogP contribution in [0.5, 0.6) is 0 Å². The summed E-state index contributed by atoms with van der Waals surface area (Å²) in [6.07, 6.45) is 0. The number of furan rings is 1. The third kappa shape index (κ3) is 3.96. The minimum Gasteiger partial charge on any atom is -0.440 e. The first-order valence-electron chi connectivity index (χ1n) is 9.69. The summed E-state index contributed by atoms with van der Waals surface area (Å²) in [7, 11) is 6.18. The number of hydrogen-bond donors (Lipinski definition) is 0. The van der Waals surface area contributed by atoms with E-state index in [1.807, 2.05) is 18.2 Å². The minimum atomic E-state index is 0.730. The number of anilines is 2. The Kier molecular flexibility index (Phi) is 5.25. The molecule has 0 spiro atoms. The largest absolute Gasteiger partial charge is 0.440 e. The quantitative estimate of drug-likeness (QED) is 0.366. The molecule has 1 aromatic heterocycles. The second-order valence-electron chi connectivity index (χ2n) is 7.71. The van der Waals surface area contributed by atoms with Gasteiger partial charge in [0.1, 0.15) is 5.58 Å². The highest BCUT2D eigenvalue weighted by atomic mass is 35.5. The summed E-state index contributed by atoms with van der Waals surface area (Å²) < 4.78 is 6.32. The Balaban J connectivity index is 1.75. The van der Waals surface area contributed by atoms with E-state index in [9.17, 15) is 0 Å². The zero-order valence-corrected chi connectivity index (χ0v) is 18.0. The van der Waals surface area contributed by atoms with Crippen LogP contribution in [0, 0.1) is 6.92 Å². The summed E-state index contributed by atoms with van der Waals surface area (Å²) in [5, 5.41) is 1.85. The van der Waals surface area contributed by atoms with Gasteiger partial charge in [0.05, 0.1) is 5.56 Å². The molecule has 0 radical (unpaired) electrons. The summed E-state index contributed by atoms with van der Waals surface area (Å²) in [5.74, 6) is 0.865. The second-order valence-corrected chi connectivity index (χ2v) is 8.14. The average Bonchev–Trinajstić information content (AvgIpc) is 3.08. The number of fused-ring (bicyclic) bond motifs is 1. The first kappa shape index (κ1) is 19.4. The molecule has 4 aromatic rings. The zero-order chi connectivity index (χ0) is 20.5. The van der Waals surface area contributed by atoms with Crippen LogP contribution in [0.15, 0.2) is 71.1 Å². The van der Waals surface area contributed by atoms with Gasteiger partial charge in [-0.3, -0.25) is 0 Å². The van der Waals surface area contributed by atoms with Crippen molar-refractivity contribution in [2.75, 3.05) is 30.9 Å². The molecule has 3 nitrogen and oxygen atoms in total. The van der Waals surface area contributed by atoms with Crippen LogP contribution in [-0.4, -0.2) is 21.1 Å². The predicted octanol–water partition coefficient (Wildman–Crippen LogP) is 6.76. The SMILES string of the molecule is Cc1ccc2oc(N(C)Cc3ccc(N(C)C)cc3)c(-c3ccc(Cl)cc3)c2c1. The van der Waals surface area contributed by atoms with Gasteiger partial charge in [-0.2, -0.15) is 0 Å². The molecule has 0 atom stereocenters. The topological polar surface area (TPSA) is 19.6 Å². The molecule has 0 aliphatic carbocycles. The normalized spacial score (nSPS) is 11.1. The van der Waals surface area contributed by atoms with Gasteiger partial charge in [0, 0.05) is 43.8 Å². The maximum atomic E-state index is 6.32. The van der Waals surface area contributed by atoms with Crippen LogP contribution in [0.3, 0.4) is 0 Å². The van der Waals surface area contributed by atoms with Crippen LogP contribution >= 0.6 is 11.6 Å². The van der Waals surface area contributed by atoms with Crippen LogP contribution in [-0.2, 0) is 6.54 Å². The number of nitrogens with zero attached hydrogens (tertiary/aromatic N) is 2. The van der Waals surface area contributed by atoms with E-state index >= 15 is 0 Å². The van der Waals surface area contributed by atoms with Gasteiger partial charge in [0.25, 0.3) is 0 Å². The van der Waals surface area contributed by atoms with Gasteiger partial charge in [-0.25, -0.2) is 0 Å². The summed E-state index contributed by atoms with van der Waals surface area (Å²) in [6, 6.07) is 22.9. The van der Waals surface area contributed by atoms with Crippen molar-refractivity contribution >= 4 is 34.1 Å². The molecule has 0 amide bonds. The van der Waals surface area contributed by atoms with Crippen molar-refractivity contribution in [2.24, 2.45) is 0 Å². The van der Waals surface area contributed by atoms with E-state index in [1.54, 1.807) is 0 Å². The monoisotopic (exact) mass is 404 g/mol. The van der Waals surface area contributed by atoms with E-state index in [4.69, 9.17) is 16.0 Å². The van der Waals surface area contributed by atoms with Crippen molar-refractivity contribution in [1.29, 1.82) is 0 Å². The Bertz CT molecular complexity index is 1130. The highest BCUT2D eigenvalue weighted by Gasteiger charge is 2.19. The third-order valence-electron chi connectivity index (χ3n) is 5.18. The highest BCUT2D eigenvalue weighted by Crippen LogP contribution is 2.41. The number of hydrogen-bond acceptors (Lipinski definition) is 3. The predicted molar refractivity (Wildman–Crippen MR) is 124 cm³/mol. The molecular formula is C25H25ClN2O. The molecule has 1 heterocycles. The molecular weight excluding hydrogens is 380 g/mol. The lowest BCUT2D eigenvalue weighted by atomic mass is 10.0. The molecule has 0 unspecified atom stereocenters. The number of rotatable bonds is 5. The van der Waals surface area contributed by atoms with Crippen molar-refractivity contribution in [2.45, 2.75) is 13.5 Å². The average molecular weight is 405 g/mol. The molecule has 148 valence electrons. The summed E-state index contributed by atoms with van der Waals surface area (Å²) in [6.45, 7) is 2.86. The van der Waals surface area contributed by atoms with Crippen molar-refractivity contribution in [3.8, 4) is 11.1 Å². The lowest BCUT2D eigenvalue weighted by Gasteiger charge is -2.19. The van der Waals surface area contributed by atoms with Gasteiger partial charge in [-0.05, 0) is 54.4 Å². The van der Waals surface area contributed by atoms with Crippen LogP contribution in [0.2, 0.25) is 5.02 Å². The molecule has 0 N–H and O–H groups in total. The van der Waals surface area contributed by atoms with E-state index < -0.39 is 0 Å². The van der Waals surface area contributed by atoms with E-state index in [1.165, 1.54) is 16.8 Å². The molecule has 0 saturated heterocycles. The lowest BCUT2D eigenvalue weighted by Crippen LogP contribution is -2.16. The summed E-state index contributed by atoms with van der Waals surface area (Å²) in [4.78, 5) is 4.28. The third-order valence-corrected chi connectivity index (χ3v) is 5.43. The summed E-state index contributed by atoms with van der Waals surface area (Å²) in [5.41, 5.74) is 6.73. The molecule has 29 heavy (non-hydrogen) atoms. The molecule has 0 aliphatic rings. The van der Waals surface area contributed by atoms with Gasteiger partial charge in [-0.15, -0.1) is 0 Å². The number of benzene rings is 3. The fourth-order valence-electron chi connectivity index (χ4n) is 3.61. The van der Waals surface area contributed by atoms with Gasteiger partial charge >= 0.3 is 0 Å². The van der Waals surface area contributed by atoms with Crippen LogP contribution < -0.4 is 9.80 Å². The fourth-order valence-corrected chi connectivity index (χ4v) is 3.73. The molecule has 4 heteroatoms. The van der Waals surface area contributed by atoms with Crippen LogP contribution in [0.25, 0.3) is 22.1 Å². The standard InChI is InChI=1S/C25H25ClN2O/c1-17-5-14-23-22(15-17)24(19-8-10-20(26)11-9-19)25(29-23)28(4)16-18-6-12-21(13-7-18)27(2)3/h5-15H,16H2,1-4H3.